The Morgan fingerprint density at radius 2 is 2.21 bits per heavy atom. The van der Waals surface area contributed by atoms with Gasteiger partial charge in [-0.05, 0) is 11.6 Å². The molecule has 0 bridgehead atoms. The molecular formula is C5H6ClN4O3S. The van der Waals surface area contributed by atoms with E-state index in [0.717, 1.165) is 0 Å². The highest BCUT2D eigenvalue weighted by molar-refractivity contribution is 7.85. The molecule has 2 N–H and O–H groups in total. The van der Waals surface area contributed by atoms with E-state index in [9.17, 15) is 8.42 Å². The number of nitrogens with one attached hydrogen (secondary N) is 1. The number of aromatic nitrogens is 3. The number of halogens is 1. The third-order valence-electron chi connectivity index (χ3n) is 1.14. The largest absolute Gasteiger partial charge is 0.353 e. The molecule has 1 aromatic rings. The lowest BCUT2D eigenvalue weighted by Gasteiger charge is -2.01. The summed E-state index contributed by atoms with van der Waals surface area (Å²) in [7, 11) is -3.98. The number of anilines is 1. The van der Waals surface area contributed by atoms with E-state index in [4.69, 9.17) is 16.2 Å². The maximum Gasteiger partial charge on any atom is 0.266 e. The molecule has 1 radical (unpaired) electrons. The van der Waals surface area contributed by atoms with E-state index in [1.165, 1.54) is 0 Å². The standard InChI is InChI=1S/C5H6ClN4O3S/c6-4-8-3-9-5(10-4)7-1-2-14(11,12)13/h1-2H2,(H,11,12,13)(H,7,8,9,10). The predicted octanol–water partition coefficient (Wildman–Crippen LogP) is -0.375. The van der Waals surface area contributed by atoms with Crippen LogP contribution in [0.25, 0.3) is 0 Å². The third kappa shape index (κ3) is 4.30. The Bertz CT molecular complexity index is 409. The van der Waals surface area contributed by atoms with Crippen LogP contribution in [0.1, 0.15) is 0 Å². The van der Waals surface area contributed by atoms with Crippen molar-refractivity contribution >= 4 is 27.7 Å². The zero-order valence-corrected chi connectivity index (χ0v) is 8.38. The highest BCUT2D eigenvalue weighted by Crippen LogP contribution is 2.00. The van der Waals surface area contributed by atoms with Gasteiger partial charge >= 0.3 is 0 Å². The number of hydrogen-bond donors (Lipinski definition) is 2. The van der Waals surface area contributed by atoms with Crippen LogP contribution in [-0.4, -0.2) is 40.2 Å². The second-order valence-electron chi connectivity index (χ2n) is 2.24. The smallest absolute Gasteiger partial charge is 0.266 e. The van der Waals surface area contributed by atoms with Crippen molar-refractivity contribution in [1.29, 1.82) is 0 Å². The fourth-order valence-corrected chi connectivity index (χ4v) is 1.10. The van der Waals surface area contributed by atoms with Crippen LogP contribution in [0.2, 0.25) is 5.28 Å². The number of hydrogen-bond acceptors (Lipinski definition) is 6. The summed E-state index contributed by atoms with van der Waals surface area (Å²) in [6, 6.07) is 0. The normalized spacial score (nSPS) is 11.3. The molecule has 0 unspecified atom stereocenters. The monoisotopic (exact) mass is 237 g/mol. The van der Waals surface area contributed by atoms with Gasteiger partial charge in [-0.25, -0.2) is 0 Å². The molecule has 0 aliphatic heterocycles. The molecule has 0 saturated heterocycles. The first-order valence-electron chi connectivity index (χ1n) is 3.44. The van der Waals surface area contributed by atoms with Crippen molar-refractivity contribution in [3.8, 4) is 0 Å². The fraction of sp³-hybridized carbons (Fsp3) is 0.400. The molecule has 0 spiro atoms. The molecule has 0 saturated carbocycles. The van der Waals surface area contributed by atoms with Crippen LogP contribution in [0.15, 0.2) is 0 Å². The van der Waals surface area contributed by atoms with Crippen molar-refractivity contribution in [3.05, 3.63) is 11.6 Å². The van der Waals surface area contributed by atoms with Crippen LogP contribution in [0.5, 0.6) is 0 Å². The average Bonchev–Trinajstić information content (AvgIpc) is 2.01. The molecule has 7 nitrogen and oxygen atoms in total. The second kappa shape index (κ2) is 4.49. The van der Waals surface area contributed by atoms with Gasteiger partial charge in [0.15, 0.2) is 0 Å². The summed E-state index contributed by atoms with van der Waals surface area (Å²) in [6.45, 7) is -0.0208. The van der Waals surface area contributed by atoms with E-state index in [-0.39, 0.29) is 17.8 Å². The number of nitrogens with zero attached hydrogens (tertiary/aromatic N) is 3. The van der Waals surface area contributed by atoms with Gasteiger partial charge in [0.2, 0.25) is 17.6 Å². The Morgan fingerprint density at radius 3 is 2.79 bits per heavy atom. The van der Waals surface area contributed by atoms with E-state index in [2.05, 4.69) is 26.6 Å². The van der Waals surface area contributed by atoms with E-state index in [1.54, 1.807) is 0 Å². The number of rotatable bonds is 4. The summed E-state index contributed by atoms with van der Waals surface area (Å²) < 4.78 is 29.0. The van der Waals surface area contributed by atoms with Gasteiger partial charge < -0.3 is 5.32 Å². The molecule has 0 aromatic carbocycles. The Morgan fingerprint density at radius 1 is 1.50 bits per heavy atom. The SMILES string of the molecule is O=S(=O)(O)CCNc1n[c]nc(Cl)n1. The molecule has 9 heteroatoms. The fourth-order valence-electron chi connectivity index (χ4n) is 0.622. The van der Waals surface area contributed by atoms with Crippen molar-refractivity contribution in [3.63, 3.8) is 0 Å². The van der Waals surface area contributed by atoms with Gasteiger partial charge in [0, 0.05) is 6.54 Å². The Hall–Kier alpha value is -0.990. The predicted molar refractivity (Wildman–Crippen MR) is 48.6 cm³/mol. The molecule has 0 fully saturated rings. The molecular weight excluding hydrogens is 232 g/mol. The van der Waals surface area contributed by atoms with Gasteiger partial charge in [-0.2, -0.15) is 23.4 Å². The summed E-state index contributed by atoms with van der Waals surface area (Å²) in [5, 5.41) is 2.48. The first-order chi connectivity index (χ1) is 6.47. The molecule has 0 aliphatic carbocycles. The van der Waals surface area contributed by atoms with Crippen LogP contribution in [0.3, 0.4) is 0 Å². The second-order valence-corrected chi connectivity index (χ2v) is 4.15. The van der Waals surface area contributed by atoms with Gasteiger partial charge in [-0.15, -0.1) is 0 Å². The van der Waals surface area contributed by atoms with Crippen LogP contribution in [0.4, 0.5) is 5.95 Å². The van der Waals surface area contributed by atoms with E-state index < -0.39 is 15.9 Å². The quantitative estimate of drug-likeness (QED) is 0.688. The zero-order chi connectivity index (χ0) is 10.6. The summed E-state index contributed by atoms with van der Waals surface area (Å²) in [5.41, 5.74) is 0. The topological polar surface area (TPSA) is 105 Å². The van der Waals surface area contributed by atoms with Crippen LogP contribution in [-0.2, 0) is 10.1 Å². The molecule has 77 valence electrons. The average molecular weight is 238 g/mol. The maximum atomic E-state index is 10.3. The van der Waals surface area contributed by atoms with Crippen molar-refractivity contribution in [2.45, 2.75) is 0 Å². The van der Waals surface area contributed by atoms with Crippen LogP contribution in [0, 0.1) is 6.33 Å². The van der Waals surface area contributed by atoms with Crippen LogP contribution < -0.4 is 5.32 Å². The van der Waals surface area contributed by atoms with Gasteiger partial charge in [-0.3, -0.25) is 4.55 Å². The van der Waals surface area contributed by atoms with Crippen molar-refractivity contribution in [2.75, 3.05) is 17.6 Å². The lowest BCUT2D eigenvalue weighted by atomic mass is 10.7. The molecule has 0 aliphatic rings. The molecule has 1 heterocycles. The molecule has 0 atom stereocenters. The first-order valence-corrected chi connectivity index (χ1v) is 5.43. The van der Waals surface area contributed by atoms with E-state index >= 15 is 0 Å². The first kappa shape index (κ1) is 11.1. The minimum atomic E-state index is -3.98. The van der Waals surface area contributed by atoms with Crippen molar-refractivity contribution in [2.24, 2.45) is 0 Å². The highest BCUT2D eigenvalue weighted by Gasteiger charge is 2.04. The van der Waals surface area contributed by atoms with Crippen molar-refractivity contribution in [1.82, 2.24) is 15.0 Å². The van der Waals surface area contributed by atoms with Crippen molar-refractivity contribution < 1.29 is 13.0 Å². The minimum Gasteiger partial charge on any atom is -0.353 e. The van der Waals surface area contributed by atoms with Gasteiger partial charge in [-0.1, -0.05) is 0 Å². The lowest BCUT2D eigenvalue weighted by Crippen LogP contribution is -2.16. The Labute approximate surface area is 85.3 Å². The molecule has 14 heavy (non-hydrogen) atoms. The van der Waals surface area contributed by atoms with Gasteiger partial charge in [0.1, 0.15) is 0 Å². The summed E-state index contributed by atoms with van der Waals surface area (Å²) >= 11 is 5.41. The van der Waals surface area contributed by atoms with Gasteiger partial charge in [0.05, 0.1) is 5.75 Å². The summed E-state index contributed by atoms with van der Waals surface area (Å²) in [4.78, 5) is 10.6. The zero-order valence-electron chi connectivity index (χ0n) is 6.81. The Kier molecular flexibility index (Phi) is 3.55. The summed E-state index contributed by atoms with van der Waals surface area (Å²) in [5.74, 6) is -0.329. The molecule has 0 amide bonds. The third-order valence-corrected chi connectivity index (χ3v) is 2.03. The van der Waals surface area contributed by atoms with Crippen LogP contribution >= 0.6 is 11.6 Å². The molecule has 1 aromatic heterocycles. The Balaban J connectivity index is 2.47. The highest BCUT2D eigenvalue weighted by atomic mass is 35.5. The maximum absolute atomic E-state index is 10.3. The minimum absolute atomic E-state index is 0.0208. The van der Waals surface area contributed by atoms with E-state index in [0.29, 0.717) is 0 Å². The molecule has 1 rings (SSSR count). The lowest BCUT2D eigenvalue weighted by molar-refractivity contribution is 0.484. The van der Waals surface area contributed by atoms with E-state index in [1.807, 2.05) is 0 Å². The summed E-state index contributed by atoms with van der Waals surface area (Å²) in [6.07, 6.45) is 2.21. The van der Waals surface area contributed by atoms with Gasteiger partial charge in [0.25, 0.3) is 10.1 Å².